The van der Waals surface area contributed by atoms with Gasteiger partial charge in [0.05, 0.1) is 30.3 Å². The lowest BCUT2D eigenvalue weighted by atomic mass is 10.2. The van der Waals surface area contributed by atoms with Gasteiger partial charge in [-0.05, 0) is 28.9 Å². The zero-order valence-electron chi connectivity index (χ0n) is 10.6. The molecule has 0 saturated heterocycles. The first-order valence-corrected chi connectivity index (χ1v) is 6.32. The van der Waals surface area contributed by atoms with Crippen molar-refractivity contribution in [1.82, 2.24) is 14.8 Å². The second-order valence-electron chi connectivity index (χ2n) is 3.94. The van der Waals surface area contributed by atoms with E-state index in [0.29, 0.717) is 6.54 Å². The minimum atomic E-state index is 0.654. The molecule has 2 rings (SSSR count). The average molecular weight is 311 g/mol. The first kappa shape index (κ1) is 12.9. The van der Waals surface area contributed by atoms with E-state index in [4.69, 9.17) is 4.74 Å². The number of halogens is 1. The number of hydrogen-bond donors (Lipinski definition) is 1. The van der Waals surface area contributed by atoms with Crippen LogP contribution in [0.15, 0.2) is 22.9 Å². The number of aromatic nitrogens is 3. The van der Waals surface area contributed by atoms with Gasteiger partial charge in [-0.2, -0.15) is 5.10 Å². The van der Waals surface area contributed by atoms with E-state index in [1.807, 2.05) is 20.0 Å². The van der Waals surface area contributed by atoms with Gasteiger partial charge in [-0.3, -0.25) is 4.98 Å². The third-order valence-electron chi connectivity index (χ3n) is 2.66. The molecule has 0 unspecified atom stereocenters. The fourth-order valence-corrected chi connectivity index (χ4v) is 2.20. The molecule has 0 atom stereocenters. The molecule has 0 amide bonds. The smallest absolute Gasteiger partial charge is 0.216 e. The van der Waals surface area contributed by atoms with Crippen LogP contribution in [0.25, 0.3) is 0 Å². The van der Waals surface area contributed by atoms with Crippen LogP contribution in [-0.4, -0.2) is 21.9 Å². The molecule has 0 bridgehead atoms. The second kappa shape index (κ2) is 5.39. The summed E-state index contributed by atoms with van der Waals surface area (Å²) < 4.78 is 8.03. The summed E-state index contributed by atoms with van der Waals surface area (Å²) in [5.74, 6) is 0.781. The molecule has 2 aromatic rings. The summed E-state index contributed by atoms with van der Waals surface area (Å²) in [6.07, 6.45) is 3.53. The Bertz CT molecular complexity index is 553. The topological polar surface area (TPSA) is 52.0 Å². The van der Waals surface area contributed by atoms with Crippen molar-refractivity contribution in [2.45, 2.75) is 13.5 Å². The molecule has 0 radical (unpaired) electrons. The Balaban J connectivity index is 2.15. The van der Waals surface area contributed by atoms with Crippen LogP contribution in [0.2, 0.25) is 0 Å². The van der Waals surface area contributed by atoms with Gasteiger partial charge in [-0.25, -0.2) is 4.68 Å². The fraction of sp³-hybridized carbons (Fsp3) is 0.333. The lowest BCUT2D eigenvalue weighted by Gasteiger charge is -2.08. The molecule has 96 valence electrons. The highest BCUT2D eigenvalue weighted by atomic mass is 79.9. The van der Waals surface area contributed by atoms with Crippen LogP contribution in [-0.2, 0) is 13.6 Å². The van der Waals surface area contributed by atoms with E-state index in [1.54, 1.807) is 24.2 Å². The minimum absolute atomic E-state index is 0.654. The number of pyridine rings is 1. The molecular weight excluding hydrogens is 296 g/mol. The lowest BCUT2D eigenvalue weighted by molar-refractivity contribution is 0.370. The molecule has 6 heteroatoms. The maximum atomic E-state index is 5.34. The van der Waals surface area contributed by atoms with Gasteiger partial charge in [0.25, 0.3) is 0 Å². The van der Waals surface area contributed by atoms with Crippen molar-refractivity contribution in [2.75, 3.05) is 12.4 Å². The molecule has 5 nitrogen and oxygen atoms in total. The van der Waals surface area contributed by atoms with E-state index >= 15 is 0 Å². The molecular formula is C12H15BrN4O. The Kier molecular flexibility index (Phi) is 3.86. The summed E-state index contributed by atoms with van der Waals surface area (Å²) in [5, 5.41) is 7.64. The molecule has 0 spiro atoms. The Morgan fingerprint density at radius 1 is 1.44 bits per heavy atom. The highest BCUT2D eigenvalue weighted by Crippen LogP contribution is 2.22. The highest BCUT2D eigenvalue weighted by molar-refractivity contribution is 9.10. The second-order valence-corrected chi connectivity index (χ2v) is 4.86. The molecule has 0 fully saturated rings. The van der Waals surface area contributed by atoms with Crippen LogP contribution in [0.3, 0.4) is 0 Å². The molecule has 0 aliphatic carbocycles. The number of aryl methyl sites for hydroxylation is 2. The van der Waals surface area contributed by atoms with Gasteiger partial charge in [0, 0.05) is 24.3 Å². The number of nitrogens with zero attached hydrogens (tertiary/aromatic N) is 3. The molecule has 0 aromatic carbocycles. The van der Waals surface area contributed by atoms with Crippen molar-refractivity contribution < 1.29 is 4.74 Å². The van der Waals surface area contributed by atoms with E-state index < -0.39 is 0 Å². The predicted molar refractivity (Wildman–Crippen MR) is 73.8 cm³/mol. The van der Waals surface area contributed by atoms with Gasteiger partial charge in [0.2, 0.25) is 5.88 Å². The number of ether oxygens (including phenoxy) is 1. The maximum absolute atomic E-state index is 5.34. The van der Waals surface area contributed by atoms with Crippen LogP contribution in [0, 0.1) is 6.92 Å². The lowest BCUT2D eigenvalue weighted by Crippen LogP contribution is -2.03. The Hall–Kier alpha value is -1.56. The van der Waals surface area contributed by atoms with E-state index in [9.17, 15) is 0 Å². The standard InChI is InChI=1S/C12H15BrN4O/c1-8-11(12(18-3)17(2)16-8)7-15-10-4-9(13)5-14-6-10/h4-6,15H,7H2,1-3H3. The third-order valence-corrected chi connectivity index (χ3v) is 3.09. The van der Waals surface area contributed by atoms with E-state index in [1.165, 1.54) is 0 Å². The summed E-state index contributed by atoms with van der Waals surface area (Å²) in [5.41, 5.74) is 2.97. The van der Waals surface area contributed by atoms with Gasteiger partial charge in [0.15, 0.2) is 0 Å². The van der Waals surface area contributed by atoms with Crippen molar-refractivity contribution in [2.24, 2.45) is 7.05 Å². The summed E-state index contributed by atoms with van der Waals surface area (Å²) in [7, 11) is 3.52. The van der Waals surface area contributed by atoms with Crippen molar-refractivity contribution in [3.8, 4) is 5.88 Å². The fourth-order valence-electron chi connectivity index (χ4n) is 1.84. The van der Waals surface area contributed by atoms with Crippen LogP contribution < -0.4 is 10.1 Å². The third kappa shape index (κ3) is 2.64. The number of hydrogen-bond acceptors (Lipinski definition) is 4. The summed E-state index contributed by atoms with van der Waals surface area (Å²) in [6, 6.07) is 1.98. The van der Waals surface area contributed by atoms with E-state index in [-0.39, 0.29) is 0 Å². The average Bonchev–Trinajstić information content (AvgIpc) is 2.60. The Morgan fingerprint density at radius 2 is 2.22 bits per heavy atom. The molecule has 2 heterocycles. The monoisotopic (exact) mass is 310 g/mol. The Morgan fingerprint density at radius 3 is 2.89 bits per heavy atom. The quantitative estimate of drug-likeness (QED) is 0.942. The molecule has 0 aliphatic heterocycles. The zero-order valence-corrected chi connectivity index (χ0v) is 12.2. The summed E-state index contributed by atoms with van der Waals surface area (Å²) in [6.45, 7) is 2.62. The summed E-state index contributed by atoms with van der Waals surface area (Å²) in [4.78, 5) is 4.11. The van der Waals surface area contributed by atoms with Crippen molar-refractivity contribution in [3.63, 3.8) is 0 Å². The normalized spacial score (nSPS) is 10.4. The van der Waals surface area contributed by atoms with Crippen LogP contribution >= 0.6 is 15.9 Å². The molecule has 0 saturated carbocycles. The predicted octanol–water partition coefficient (Wildman–Crippen LogP) is 2.51. The number of rotatable bonds is 4. The van der Waals surface area contributed by atoms with Crippen molar-refractivity contribution in [1.29, 1.82) is 0 Å². The maximum Gasteiger partial charge on any atom is 0.216 e. The first-order valence-electron chi connectivity index (χ1n) is 5.52. The molecule has 0 aliphatic rings. The summed E-state index contributed by atoms with van der Waals surface area (Å²) >= 11 is 3.39. The zero-order chi connectivity index (χ0) is 13.1. The van der Waals surface area contributed by atoms with Gasteiger partial charge in [-0.15, -0.1) is 0 Å². The van der Waals surface area contributed by atoms with Gasteiger partial charge < -0.3 is 10.1 Å². The molecule has 18 heavy (non-hydrogen) atoms. The Labute approximate surface area is 114 Å². The largest absolute Gasteiger partial charge is 0.481 e. The van der Waals surface area contributed by atoms with Crippen LogP contribution in [0.1, 0.15) is 11.3 Å². The number of methoxy groups -OCH3 is 1. The van der Waals surface area contributed by atoms with Gasteiger partial charge >= 0.3 is 0 Å². The number of anilines is 1. The van der Waals surface area contributed by atoms with Crippen molar-refractivity contribution in [3.05, 3.63) is 34.2 Å². The minimum Gasteiger partial charge on any atom is -0.481 e. The van der Waals surface area contributed by atoms with Crippen LogP contribution in [0.4, 0.5) is 5.69 Å². The number of nitrogens with one attached hydrogen (secondary N) is 1. The first-order chi connectivity index (χ1) is 8.61. The van der Waals surface area contributed by atoms with Crippen LogP contribution in [0.5, 0.6) is 5.88 Å². The SMILES string of the molecule is COc1c(CNc2cncc(Br)c2)c(C)nn1C. The van der Waals surface area contributed by atoms with Crippen molar-refractivity contribution >= 4 is 21.6 Å². The van der Waals surface area contributed by atoms with Gasteiger partial charge in [-0.1, -0.05) is 0 Å². The van der Waals surface area contributed by atoms with E-state index in [2.05, 4.69) is 31.3 Å². The molecule has 2 aromatic heterocycles. The molecule has 1 N–H and O–H groups in total. The van der Waals surface area contributed by atoms with Gasteiger partial charge in [0.1, 0.15) is 0 Å². The van der Waals surface area contributed by atoms with E-state index in [0.717, 1.165) is 27.3 Å². The highest BCUT2D eigenvalue weighted by Gasteiger charge is 2.13.